The summed E-state index contributed by atoms with van der Waals surface area (Å²) in [7, 11) is 0. The van der Waals surface area contributed by atoms with Crippen LogP contribution in [0.25, 0.3) is 10.4 Å². The van der Waals surface area contributed by atoms with Crippen molar-refractivity contribution < 1.29 is 19.0 Å². The molecule has 2 aliphatic carbocycles. The Kier molecular flexibility index (Phi) is 9.00. The number of hydrogen-bond donors (Lipinski definition) is 2. The second kappa shape index (κ2) is 13.0. The molecule has 2 N–H and O–H groups in total. The Morgan fingerprint density at radius 3 is 2.69 bits per heavy atom. The van der Waals surface area contributed by atoms with Crippen LogP contribution in [0.3, 0.4) is 0 Å². The normalized spacial score (nSPS) is 22.6. The molecular weight excluding hydrogens is 550 g/mol. The fraction of sp³-hybridized carbons (Fsp3) is 0.594. The smallest absolute Gasteiger partial charge is 0.407 e. The van der Waals surface area contributed by atoms with Gasteiger partial charge in [0.05, 0.1) is 22.6 Å². The molecule has 1 aromatic carbocycles. The Morgan fingerprint density at radius 1 is 1.12 bits per heavy atom. The summed E-state index contributed by atoms with van der Waals surface area (Å²) in [5.74, 6) is 2.75. The van der Waals surface area contributed by atoms with Crippen molar-refractivity contribution in [3.63, 3.8) is 0 Å². The van der Waals surface area contributed by atoms with Crippen LogP contribution in [0.5, 0.6) is 5.75 Å². The first kappa shape index (κ1) is 29.0. The van der Waals surface area contributed by atoms with Gasteiger partial charge in [-0.1, -0.05) is 0 Å². The van der Waals surface area contributed by atoms with Crippen molar-refractivity contribution >= 4 is 28.9 Å². The number of aromatic nitrogens is 3. The zero-order valence-electron chi connectivity index (χ0n) is 24.9. The number of nitrogens with zero attached hydrogens (tertiary/aromatic N) is 3. The average Bonchev–Trinajstić information content (AvgIpc) is 3.55. The number of benzene rings is 1. The van der Waals surface area contributed by atoms with Crippen LogP contribution in [0.4, 0.5) is 16.3 Å². The number of amides is 1. The molecule has 6 rings (SSSR count). The van der Waals surface area contributed by atoms with E-state index in [9.17, 15) is 4.79 Å². The van der Waals surface area contributed by atoms with Gasteiger partial charge in [-0.2, -0.15) is 5.10 Å². The quantitative estimate of drug-likeness (QED) is 0.248. The van der Waals surface area contributed by atoms with Crippen molar-refractivity contribution in [3.8, 4) is 16.2 Å². The summed E-state index contributed by atoms with van der Waals surface area (Å²) in [5, 5.41) is 12.5. The molecule has 3 heterocycles. The largest absolute Gasteiger partial charge is 0.493 e. The zero-order valence-corrected chi connectivity index (χ0v) is 25.8. The van der Waals surface area contributed by atoms with Crippen molar-refractivity contribution in [2.24, 2.45) is 5.92 Å². The lowest BCUT2D eigenvalue weighted by atomic mass is 9.86. The van der Waals surface area contributed by atoms with Gasteiger partial charge in [0.15, 0.2) is 12.0 Å². The lowest BCUT2D eigenvalue weighted by Gasteiger charge is -2.28. The lowest BCUT2D eigenvalue weighted by Crippen LogP contribution is -2.38. The Morgan fingerprint density at radius 2 is 1.95 bits per heavy atom. The number of nitrogens with one attached hydrogen (secondary N) is 2. The fourth-order valence-electron chi connectivity index (χ4n) is 5.82. The van der Waals surface area contributed by atoms with E-state index in [4.69, 9.17) is 24.3 Å². The van der Waals surface area contributed by atoms with Crippen LogP contribution in [-0.4, -0.2) is 46.2 Å². The fourth-order valence-corrected chi connectivity index (χ4v) is 6.94. The van der Waals surface area contributed by atoms with E-state index in [1.54, 1.807) is 11.3 Å². The summed E-state index contributed by atoms with van der Waals surface area (Å²) in [6, 6.07) is 8.56. The Labute approximate surface area is 252 Å². The highest BCUT2D eigenvalue weighted by Crippen LogP contribution is 2.42. The molecule has 42 heavy (non-hydrogen) atoms. The third-order valence-electron chi connectivity index (χ3n) is 8.31. The summed E-state index contributed by atoms with van der Waals surface area (Å²) in [5.41, 5.74) is 3.11. The number of aryl methyl sites for hydroxylation is 1. The van der Waals surface area contributed by atoms with E-state index in [-0.39, 0.29) is 24.5 Å². The van der Waals surface area contributed by atoms with Gasteiger partial charge in [-0.3, -0.25) is 0 Å². The minimum Gasteiger partial charge on any atom is -0.493 e. The molecule has 1 saturated heterocycles. The van der Waals surface area contributed by atoms with E-state index in [1.165, 1.54) is 19.3 Å². The highest BCUT2D eigenvalue weighted by Gasteiger charge is 2.27. The summed E-state index contributed by atoms with van der Waals surface area (Å²) >= 11 is 1.76. The molecule has 0 radical (unpaired) electrons. The minimum atomic E-state index is -0.316. The number of thiazole rings is 1. The second-order valence-corrected chi connectivity index (χ2v) is 13.3. The third kappa shape index (κ3) is 7.26. The SMILES string of the molecule is Cc1cc(Nc2ccc(-c3cnc(C4CCC(NC(=O)OC(C)C)CC4)s3)c(OCC3CC3)c2)nn1C1CCCCO1. The van der Waals surface area contributed by atoms with Crippen LogP contribution in [-0.2, 0) is 9.47 Å². The molecule has 226 valence electrons. The maximum absolute atomic E-state index is 12.0. The number of alkyl carbamates (subject to hydrolysis) is 1. The number of rotatable bonds is 10. The topological polar surface area (TPSA) is 99.5 Å². The van der Waals surface area contributed by atoms with Crippen molar-refractivity contribution in [1.29, 1.82) is 0 Å². The summed E-state index contributed by atoms with van der Waals surface area (Å²) in [4.78, 5) is 18.0. The lowest BCUT2D eigenvalue weighted by molar-refractivity contribution is -0.0404. The van der Waals surface area contributed by atoms with Crippen LogP contribution >= 0.6 is 11.3 Å². The molecule has 1 atom stereocenters. The molecule has 3 fully saturated rings. The predicted octanol–water partition coefficient (Wildman–Crippen LogP) is 7.71. The monoisotopic (exact) mass is 593 g/mol. The number of anilines is 2. The molecule has 2 saturated carbocycles. The van der Waals surface area contributed by atoms with E-state index in [0.29, 0.717) is 11.8 Å². The number of carbonyl (C=O) groups is 1. The zero-order chi connectivity index (χ0) is 29.1. The molecule has 2 aromatic heterocycles. The maximum atomic E-state index is 12.0. The van der Waals surface area contributed by atoms with Gasteiger partial charge in [-0.15, -0.1) is 11.3 Å². The van der Waals surface area contributed by atoms with Gasteiger partial charge in [0.25, 0.3) is 0 Å². The van der Waals surface area contributed by atoms with E-state index in [2.05, 4.69) is 41.8 Å². The van der Waals surface area contributed by atoms with Gasteiger partial charge in [-0.05, 0) is 96.6 Å². The Balaban J connectivity index is 1.13. The van der Waals surface area contributed by atoms with Gasteiger partial charge < -0.3 is 24.8 Å². The molecule has 3 aliphatic rings. The van der Waals surface area contributed by atoms with Crippen molar-refractivity contribution in [2.45, 2.75) is 103 Å². The van der Waals surface area contributed by atoms with Gasteiger partial charge in [0.1, 0.15) is 5.75 Å². The van der Waals surface area contributed by atoms with Gasteiger partial charge >= 0.3 is 6.09 Å². The van der Waals surface area contributed by atoms with Crippen LogP contribution in [0.15, 0.2) is 30.5 Å². The first-order valence-electron chi connectivity index (χ1n) is 15.6. The van der Waals surface area contributed by atoms with Gasteiger partial charge in [0.2, 0.25) is 0 Å². The van der Waals surface area contributed by atoms with Gasteiger partial charge in [-0.25, -0.2) is 14.5 Å². The minimum absolute atomic E-state index is 0.0160. The molecule has 0 spiro atoms. The van der Waals surface area contributed by atoms with Crippen LogP contribution in [0, 0.1) is 12.8 Å². The molecule has 10 heteroatoms. The molecule has 3 aromatic rings. The van der Waals surface area contributed by atoms with Crippen LogP contribution in [0.1, 0.15) is 94.5 Å². The molecule has 1 amide bonds. The molecule has 9 nitrogen and oxygen atoms in total. The van der Waals surface area contributed by atoms with Crippen LogP contribution < -0.4 is 15.4 Å². The summed E-state index contributed by atoms with van der Waals surface area (Å²) < 4.78 is 19.6. The molecule has 1 aliphatic heterocycles. The number of hydrogen-bond acceptors (Lipinski definition) is 8. The standard InChI is InChI=1S/C32H43N5O4S/c1-20(2)41-32(38)35-24-11-9-23(10-12-24)31-33-18-28(42-31)26-14-13-25(17-27(26)40-19-22-7-8-22)34-29-16-21(3)37(36-29)30-6-4-5-15-39-30/h13-14,16-18,20,22-24,30H,4-12,15,19H2,1-3H3,(H,34,36)(H,35,38). The maximum Gasteiger partial charge on any atom is 0.407 e. The average molecular weight is 594 g/mol. The number of carbonyl (C=O) groups excluding carboxylic acids is 1. The summed E-state index contributed by atoms with van der Waals surface area (Å²) in [6.07, 6.45) is 11.2. The summed E-state index contributed by atoms with van der Waals surface area (Å²) in [6.45, 7) is 7.35. The van der Waals surface area contributed by atoms with Gasteiger partial charge in [0, 0.05) is 53.8 Å². The first-order valence-corrected chi connectivity index (χ1v) is 16.4. The predicted molar refractivity (Wildman–Crippen MR) is 165 cm³/mol. The Bertz CT molecular complexity index is 1350. The highest BCUT2D eigenvalue weighted by atomic mass is 32.1. The molecule has 1 unspecified atom stereocenters. The Hall–Kier alpha value is -3.11. The third-order valence-corrected chi connectivity index (χ3v) is 9.50. The molecular formula is C32H43N5O4S. The highest BCUT2D eigenvalue weighted by molar-refractivity contribution is 7.15. The molecule has 0 bridgehead atoms. The second-order valence-electron chi connectivity index (χ2n) is 12.2. The van der Waals surface area contributed by atoms with Crippen LogP contribution in [0.2, 0.25) is 0 Å². The van der Waals surface area contributed by atoms with Crippen molar-refractivity contribution in [3.05, 3.63) is 41.2 Å². The van der Waals surface area contributed by atoms with E-state index >= 15 is 0 Å². The van der Waals surface area contributed by atoms with Crippen molar-refractivity contribution in [2.75, 3.05) is 18.5 Å². The van der Waals surface area contributed by atoms with E-state index < -0.39 is 0 Å². The van der Waals surface area contributed by atoms with E-state index in [1.807, 2.05) is 24.7 Å². The first-order chi connectivity index (χ1) is 20.4. The van der Waals surface area contributed by atoms with E-state index in [0.717, 1.165) is 90.1 Å². The number of ether oxygens (including phenoxy) is 3. The van der Waals surface area contributed by atoms with Crippen molar-refractivity contribution in [1.82, 2.24) is 20.1 Å².